The SMILES string of the molecule is CC(C)C[C@H]1NC(=O)c2ccccc2OCc2cn(nn2)CCOc2ccc(cc2)CCNC(=O)[C@H](CC(C)(C)C)N(C)C(=O)[C@H]2CCCN2C1=O. The zero-order valence-electron chi connectivity index (χ0n) is 31.3. The number of nitrogens with zero attached hydrogens (tertiary/aromatic N) is 5. The molecule has 52 heavy (non-hydrogen) atoms. The van der Waals surface area contributed by atoms with Gasteiger partial charge in [-0.15, -0.1) is 5.10 Å². The van der Waals surface area contributed by atoms with E-state index in [1.807, 2.05) is 58.9 Å². The summed E-state index contributed by atoms with van der Waals surface area (Å²) in [4.78, 5) is 59.1. The van der Waals surface area contributed by atoms with Crippen LogP contribution in [-0.2, 0) is 34.0 Å². The van der Waals surface area contributed by atoms with Crippen molar-refractivity contribution in [2.45, 2.75) is 98.0 Å². The summed E-state index contributed by atoms with van der Waals surface area (Å²) in [7, 11) is 1.65. The predicted octanol–water partition coefficient (Wildman–Crippen LogP) is 4.01. The molecule has 0 unspecified atom stereocenters. The maximum absolute atomic E-state index is 14.3. The quantitative estimate of drug-likeness (QED) is 0.414. The Hall–Kier alpha value is -4.94. The lowest BCUT2D eigenvalue weighted by atomic mass is 9.87. The van der Waals surface area contributed by atoms with Gasteiger partial charge in [-0.05, 0) is 73.3 Å². The summed E-state index contributed by atoms with van der Waals surface area (Å²) >= 11 is 0. The minimum Gasteiger partial charge on any atom is -0.492 e. The lowest BCUT2D eigenvalue weighted by Gasteiger charge is -2.36. The van der Waals surface area contributed by atoms with Crippen LogP contribution in [0.4, 0.5) is 0 Å². The van der Waals surface area contributed by atoms with E-state index in [4.69, 9.17) is 9.47 Å². The van der Waals surface area contributed by atoms with Crippen molar-refractivity contribution < 1.29 is 28.7 Å². The summed E-state index contributed by atoms with van der Waals surface area (Å²) in [5.74, 6) is -0.157. The molecule has 2 N–H and O–H groups in total. The van der Waals surface area contributed by atoms with Crippen molar-refractivity contribution in [3.8, 4) is 11.5 Å². The van der Waals surface area contributed by atoms with Gasteiger partial charge in [-0.1, -0.05) is 64.1 Å². The molecule has 0 aliphatic carbocycles. The number of ether oxygens (including phenoxy) is 2. The van der Waals surface area contributed by atoms with Gasteiger partial charge in [0.25, 0.3) is 5.91 Å². The summed E-state index contributed by atoms with van der Waals surface area (Å²) in [5, 5.41) is 14.4. The van der Waals surface area contributed by atoms with Gasteiger partial charge in [0.15, 0.2) is 0 Å². The molecule has 1 saturated heterocycles. The first-order chi connectivity index (χ1) is 24.8. The first-order valence-corrected chi connectivity index (χ1v) is 18.3. The largest absolute Gasteiger partial charge is 0.492 e. The maximum Gasteiger partial charge on any atom is 0.255 e. The van der Waals surface area contributed by atoms with E-state index in [2.05, 4.69) is 20.9 Å². The van der Waals surface area contributed by atoms with Crippen LogP contribution in [0.15, 0.2) is 54.7 Å². The Morgan fingerprint density at radius 1 is 0.962 bits per heavy atom. The second kappa shape index (κ2) is 17.1. The molecular formula is C39H53N7O6. The Balaban J connectivity index is 1.43. The molecule has 4 heterocycles. The molecule has 0 spiro atoms. The summed E-state index contributed by atoms with van der Waals surface area (Å²) in [6.07, 6.45) is 4.31. The highest BCUT2D eigenvalue weighted by molar-refractivity contribution is 6.00. The molecule has 13 heteroatoms. The molecule has 280 valence electrons. The number of rotatable bonds is 3. The zero-order chi connectivity index (χ0) is 37.4. The summed E-state index contributed by atoms with van der Waals surface area (Å²) in [5.41, 5.74) is 1.64. The Labute approximate surface area is 306 Å². The van der Waals surface area contributed by atoms with Crippen LogP contribution in [0.2, 0.25) is 0 Å². The van der Waals surface area contributed by atoms with Crippen LogP contribution in [0.1, 0.15) is 81.9 Å². The first kappa shape index (κ1) is 38.3. The summed E-state index contributed by atoms with van der Waals surface area (Å²) < 4.78 is 13.6. The van der Waals surface area contributed by atoms with E-state index in [0.717, 1.165) is 5.56 Å². The molecule has 13 nitrogen and oxygen atoms in total. The maximum atomic E-state index is 14.3. The third-order valence-electron chi connectivity index (χ3n) is 9.37. The minimum absolute atomic E-state index is 0.0792. The van der Waals surface area contributed by atoms with Crippen molar-refractivity contribution in [3.63, 3.8) is 0 Å². The number of fused-ring (bicyclic) bond motifs is 14. The Morgan fingerprint density at radius 2 is 1.71 bits per heavy atom. The molecule has 0 saturated carbocycles. The van der Waals surface area contributed by atoms with Crippen LogP contribution in [0.5, 0.6) is 11.5 Å². The lowest BCUT2D eigenvalue weighted by molar-refractivity contribution is -0.148. The van der Waals surface area contributed by atoms with Gasteiger partial charge >= 0.3 is 0 Å². The minimum atomic E-state index is -0.869. The fourth-order valence-electron chi connectivity index (χ4n) is 6.69. The number of hydrogen-bond donors (Lipinski definition) is 2. The van der Waals surface area contributed by atoms with Gasteiger partial charge in [-0.3, -0.25) is 19.2 Å². The molecule has 0 radical (unpaired) electrons. The van der Waals surface area contributed by atoms with E-state index in [9.17, 15) is 19.2 Å². The smallest absolute Gasteiger partial charge is 0.255 e. The molecular weight excluding hydrogens is 662 g/mol. The summed E-state index contributed by atoms with van der Waals surface area (Å²) in [6.45, 7) is 11.8. The number of hydrogen-bond acceptors (Lipinski definition) is 8. The number of amides is 4. The van der Waals surface area contributed by atoms with Crippen molar-refractivity contribution in [3.05, 3.63) is 71.5 Å². The standard InChI is InChI=1S/C39H53N7O6/c1-26(2)22-31-37(49)46-19-9-11-32(46)38(50)44(6)33(23-39(3,4)5)36(48)40-18-17-27-13-15-29(16-14-27)51-21-20-45-24-28(42-43-45)25-52-34-12-8-7-10-30(34)35(47)41-31/h7-8,10,12-16,24,26,31-33H,9,11,17-23,25H2,1-6H3,(H,40,48)(H,41,47)/t31-,32-,33+/m1/s1. The van der Waals surface area contributed by atoms with E-state index in [-0.39, 0.29) is 41.2 Å². The Morgan fingerprint density at radius 3 is 2.44 bits per heavy atom. The normalized spacial score (nSPS) is 21.5. The van der Waals surface area contributed by atoms with Gasteiger partial charge in [0, 0.05) is 20.1 Å². The van der Waals surface area contributed by atoms with Gasteiger partial charge in [-0.25, -0.2) is 4.68 Å². The number of para-hydroxylation sites is 1. The highest BCUT2D eigenvalue weighted by atomic mass is 16.5. The van der Waals surface area contributed by atoms with Crippen LogP contribution in [0.25, 0.3) is 0 Å². The predicted molar refractivity (Wildman–Crippen MR) is 196 cm³/mol. The van der Waals surface area contributed by atoms with Gasteiger partial charge in [0.1, 0.15) is 48.5 Å². The number of aromatic nitrogens is 3. The molecule has 4 bridgehead atoms. The van der Waals surface area contributed by atoms with Crippen LogP contribution in [0.3, 0.4) is 0 Å². The average molecular weight is 716 g/mol. The van der Waals surface area contributed by atoms with E-state index in [1.165, 1.54) is 4.90 Å². The fraction of sp³-hybridized carbons (Fsp3) is 0.538. The van der Waals surface area contributed by atoms with Crippen LogP contribution < -0.4 is 20.1 Å². The highest BCUT2D eigenvalue weighted by Gasteiger charge is 2.42. The van der Waals surface area contributed by atoms with Crippen molar-refractivity contribution in [1.82, 2.24) is 35.4 Å². The zero-order valence-corrected chi connectivity index (χ0v) is 31.3. The lowest BCUT2D eigenvalue weighted by Crippen LogP contribution is -2.57. The molecule has 3 aliphatic rings. The molecule has 3 atom stereocenters. The van der Waals surface area contributed by atoms with E-state index in [1.54, 1.807) is 47.1 Å². The number of likely N-dealkylation sites (N-methyl/N-ethyl adjacent to an activating group) is 1. The van der Waals surface area contributed by atoms with Crippen molar-refractivity contribution in [1.29, 1.82) is 0 Å². The van der Waals surface area contributed by atoms with Crippen molar-refractivity contribution in [2.75, 3.05) is 26.7 Å². The second-order valence-corrected chi connectivity index (χ2v) is 15.4. The molecule has 4 amide bonds. The van der Waals surface area contributed by atoms with Crippen molar-refractivity contribution >= 4 is 23.6 Å². The molecule has 1 fully saturated rings. The Bertz CT molecular complexity index is 1700. The molecule has 1 aromatic heterocycles. The van der Waals surface area contributed by atoms with Gasteiger partial charge in [0.2, 0.25) is 17.7 Å². The van der Waals surface area contributed by atoms with Crippen LogP contribution >= 0.6 is 0 Å². The van der Waals surface area contributed by atoms with Crippen LogP contribution in [0, 0.1) is 11.3 Å². The molecule has 3 aliphatic heterocycles. The third-order valence-corrected chi connectivity index (χ3v) is 9.37. The average Bonchev–Trinajstić information content (AvgIpc) is 3.78. The van der Waals surface area contributed by atoms with E-state index in [0.29, 0.717) is 75.5 Å². The molecule has 3 aromatic rings. The van der Waals surface area contributed by atoms with Gasteiger partial charge in [-0.2, -0.15) is 0 Å². The van der Waals surface area contributed by atoms with Crippen molar-refractivity contribution in [2.24, 2.45) is 11.3 Å². The van der Waals surface area contributed by atoms with Gasteiger partial charge in [0.05, 0.1) is 18.3 Å². The van der Waals surface area contributed by atoms with E-state index >= 15 is 0 Å². The topological polar surface area (TPSA) is 148 Å². The third kappa shape index (κ3) is 10.1. The fourth-order valence-corrected chi connectivity index (χ4v) is 6.69. The Kier molecular flexibility index (Phi) is 12.6. The molecule has 6 rings (SSSR count). The summed E-state index contributed by atoms with van der Waals surface area (Å²) in [6, 6.07) is 12.2. The highest BCUT2D eigenvalue weighted by Crippen LogP contribution is 2.28. The van der Waals surface area contributed by atoms with Crippen LogP contribution in [-0.4, -0.2) is 93.3 Å². The number of carbonyl (C=O) groups excluding carboxylic acids is 4. The number of carbonyl (C=O) groups is 4. The number of nitrogens with one attached hydrogen (secondary N) is 2. The monoisotopic (exact) mass is 715 g/mol. The first-order valence-electron chi connectivity index (χ1n) is 18.3. The molecule has 2 aromatic carbocycles. The second-order valence-electron chi connectivity index (χ2n) is 15.4. The van der Waals surface area contributed by atoms with E-state index < -0.39 is 24.0 Å². The van der Waals surface area contributed by atoms with Gasteiger partial charge < -0.3 is 29.9 Å². The number of benzene rings is 2.